The highest BCUT2D eigenvalue weighted by atomic mass is 16.1. The van der Waals surface area contributed by atoms with Crippen LogP contribution in [0.25, 0.3) is 0 Å². The second-order valence-electron chi connectivity index (χ2n) is 5.35. The Kier molecular flexibility index (Phi) is 3.67. The third-order valence-electron chi connectivity index (χ3n) is 2.48. The molecule has 0 radical (unpaired) electrons. The highest BCUT2D eigenvalue weighted by Crippen LogP contribution is 2.22. The molecule has 0 saturated heterocycles. The summed E-state index contributed by atoms with van der Waals surface area (Å²) in [6.45, 7) is 8.52. The van der Waals surface area contributed by atoms with Crippen molar-refractivity contribution < 1.29 is 4.79 Å². The number of carbonyl (C=O) groups is 1. The first-order valence-electron chi connectivity index (χ1n) is 5.48. The van der Waals surface area contributed by atoms with E-state index in [4.69, 9.17) is 0 Å². The maximum Gasteiger partial charge on any atom is 0.162 e. The lowest BCUT2D eigenvalue weighted by molar-refractivity contribution is 0.0966. The predicted octanol–water partition coefficient (Wildman–Crippen LogP) is 4.00. The van der Waals surface area contributed by atoms with E-state index < -0.39 is 0 Å². The molecule has 0 amide bonds. The van der Waals surface area contributed by atoms with Gasteiger partial charge in [-0.3, -0.25) is 4.79 Å². The van der Waals surface area contributed by atoms with Gasteiger partial charge in [0.2, 0.25) is 0 Å². The molecule has 0 aromatic heterocycles. The quantitative estimate of drug-likeness (QED) is 0.680. The third kappa shape index (κ3) is 4.28. The molecule has 0 saturated carbocycles. The van der Waals surface area contributed by atoms with Crippen molar-refractivity contribution in [2.24, 2.45) is 5.41 Å². The predicted molar refractivity (Wildman–Crippen MR) is 64.2 cm³/mol. The van der Waals surface area contributed by atoms with E-state index in [1.54, 1.807) is 0 Å². The first-order valence-corrected chi connectivity index (χ1v) is 5.48. The molecule has 1 rings (SSSR count). The summed E-state index contributed by atoms with van der Waals surface area (Å²) < 4.78 is 0. The molecule has 0 unspecified atom stereocenters. The SMILES string of the molecule is Cc1ccc(C(=O)CCC(C)(C)C)cc1. The van der Waals surface area contributed by atoms with Gasteiger partial charge in [0.25, 0.3) is 0 Å². The summed E-state index contributed by atoms with van der Waals surface area (Å²) in [4.78, 5) is 11.8. The van der Waals surface area contributed by atoms with Gasteiger partial charge in [-0.05, 0) is 18.8 Å². The van der Waals surface area contributed by atoms with Gasteiger partial charge in [-0.15, -0.1) is 0 Å². The lowest BCUT2D eigenvalue weighted by atomic mass is 9.88. The van der Waals surface area contributed by atoms with Gasteiger partial charge < -0.3 is 0 Å². The Hall–Kier alpha value is -1.11. The van der Waals surface area contributed by atoms with Gasteiger partial charge in [0, 0.05) is 12.0 Å². The fourth-order valence-electron chi connectivity index (χ4n) is 1.37. The minimum Gasteiger partial charge on any atom is -0.294 e. The van der Waals surface area contributed by atoms with Crippen molar-refractivity contribution >= 4 is 5.78 Å². The molecule has 0 fully saturated rings. The van der Waals surface area contributed by atoms with Gasteiger partial charge in [-0.2, -0.15) is 0 Å². The first-order chi connectivity index (χ1) is 6.88. The van der Waals surface area contributed by atoms with Crippen LogP contribution in [0.3, 0.4) is 0 Å². The number of benzene rings is 1. The molecule has 0 aliphatic rings. The number of rotatable bonds is 3. The number of Topliss-reactive ketones (excluding diaryl/α,β-unsaturated/α-hetero) is 1. The van der Waals surface area contributed by atoms with Gasteiger partial charge in [0.1, 0.15) is 0 Å². The molecule has 0 atom stereocenters. The third-order valence-corrected chi connectivity index (χ3v) is 2.48. The Balaban J connectivity index is 2.58. The smallest absolute Gasteiger partial charge is 0.162 e. The summed E-state index contributed by atoms with van der Waals surface area (Å²) in [6, 6.07) is 7.81. The summed E-state index contributed by atoms with van der Waals surface area (Å²) in [6.07, 6.45) is 1.59. The van der Waals surface area contributed by atoms with Crippen LogP contribution in [-0.4, -0.2) is 5.78 Å². The highest BCUT2D eigenvalue weighted by Gasteiger charge is 2.13. The summed E-state index contributed by atoms with van der Waals surface area (Å²) in [7, 11) is 0. The van der Waals surface area contributed by atoms with Crippen molar-refractivity contribution in [1.29, 1.82) is 0 Å². The van der Waals surface area contributed by atoms with Crippen LogP contribution in [0.1, 0.15) is 49.5 Å². The molecule has 1 heteroatoms. The summed E-state index contributed by atoms with van der Waals surface area (Å²) >= 11 is 0. The van der Waals surface area contributed by atoms with E-state index in [9.17, 15) is 4.79 Å². The Morgan fingerprint density at radius 1 is 1.13 bits per heavy atom. The fourth-order valence-corrected chi connectivity index (χ4v) is 1.37. The minimum atomic E-state index is 0.236. The topological polar surface area (TPSA) is 17.1 Å². The van der Waals surface area contributed by atoms with Crippen molar-refractivity contribution in [2.75, 3.05) is 0 Å². The van der Waals surface area contributed by atoms with Crippen molar-refractivity contribution in [3.63, 3.8) is 0 Å². The molecule has 82 valence electrons. The van der Waals surface area contributed by atoms with Crippen molar-refractivity contribution in [3.05, 3.63) is 35.4 Å². The second-order valence-corrected chi connectivity index (χ2v) is 5.35. The lowest BCUT2D eigenvalue weighted by Crippen LogP contribution is -2.09. The van der Waals surface area contributed by atoms with E-state index in [-0.39, 0.29) is 11.2 Å². The second kappa shape index (κ2) is 4.61. The minimum absolute atomic E-state index is 0.236. The number of ketones is 1. The lowest BCUT2D eigenvalue weighted by Gasteiger charge is -2.16. The number of hydrogen-bond donors (Lipinski definition) is 0. The Morgan fingerprint density at radius 3 is 2.13 bits per heavy atom. The average molecular weight is 204 g/mol. The molecule has 0 aliphatic carbocycles. The summed E-state index contributed by atoms with van der Waals surface area (Å²) in [5.74, 6) is 0.255. The van der Waals surface area contributed by atoms with E-state index in [1.807, 2.05) is 31.2 Å². The molecular formula is C14H20O. The van der Waals surface area contributed by atoms with Crippen LogP contribution in [0, 0.1) is 12.3 Å². The summed E-state index contributed by atoms with van der Waals surface area (Å²) in [5.41, 5.74) is 2.27. The van der Waals surface area contributed by atoms with Crippen LogP contribution in [0.5, 0.6) is 0 Å². The van der Waals surface area contributed by atoms with E-state index in [0.717, 1.165) is 12.0 Å². The number of hydrogen-bond acceptors (Lipinski definition) is 1. The normalized spacial score (nSPS) is 11.5. The number of aryl methyl sites for hydroxylation is 1. The van der Waals surface area contributed by atoms with Crippen molar-refractivity contribution in [2.45, 2.75) is 40.5 Å². The van der Waals surface area contributed by atoms with Gasteiger partial charge in [-0.25, -0.2) is 0 Å². The zero-order chi connectivity index (χ0) is 11.5. The molecule has 0 N–H and O–H groups in total. The van der Waals surface area contributed by atoms with Gasteiger partial charge >= 0.3 is 0 Å². The molecule has 1 aromatic rings. The van der Waals surface area contributed by atoms with Crippen molar-refractivity contribution in [3.8, 4) is 0 Å². The van der Waals surface area contributed by atoms with Crippen LogP contribution in [0.4, 0.5) is 0 Å². The molecule has 15 heavy (non-hydrogen) atoms. The average Bonchev–Trinajstić information content (AvgIpc) is 2.14. The molecule has 1 nitrogen and oxygen atoms in total. The van der Waals surface area contributed by atoms with Crippen LogP contribution in [0.15, 0.2) is 24.3 Å². The summed E-state index contributed by atoms with van der Waals surface area (Å²) in [5, 5.41) is 0. The Bertz CT molecular complexity index is 327. The zero-order valence-corrected chi connectivity index (χ0v) is 10.1. The molecular weight excluding hydrogens is 184 g/mol. The number of carbonyl (C=O) groups excluding carboxylic acids is 1. The monoisotopic (exact) mass is 204 g/mol. The van der Waals surface area contributed by atoms with E-state index in [0.29, 0.717) is 6.42 Å². The van der Waals surface area contributed by atoms with Gasteiger partial charge in [-0.1, -0.05) is 50.6 Å². The van der Waals surface area contributed by atoms with Gasteiger partial charge in [0.05, 0.1) is 0 Å². The van der Waals surface area contributed by atoms with Gasteiger partial charge in [0.15, 0.2) is 5.78 Å². The molecule has 0 aliphatic heterocycles. The molecule has 0 bridgehead atoms. The van der Waals surface area contributed by atoms with Crippen LogP contribution < -0.4 is 0 Å². The molecule has 0 spiro atoms. The van der Waals surface area contributed by atoms with E-state index >= 15 is 0 Å². The van der Waals surface area contributed by atoms with Crippen LogP contribution in [-0.2, 0) is 0 Å². The van der Waals surface area contributed by atoms with Crippen LogP contribution >= 0.6 is 0 Å². The first kappa shape index (κ1) is 12.0. The maximum absolute atomic E-state index is 11.8. The Morgan fingerprint density at radius 2 is 1.67 bits per heavy atom. The Labute approximate surface area is 92.5 Å². The maximum atomic E-state index is 11.8. The molecule has 1 aromatic carbocycles. The largest absolute Gasteiger partial charge is 0.294 e. The van der Waals surface area contributed by atoms with Crippen LogP contribution in [0.2, 0.25) is 0 Å². The zero-order valence-electron chi connectivity index (χ0n) is 10.1. The fraction of sp³-hybridized carbons (Fsp3) is 0.500. The van der Waals surface area contributed by atoms with E-state index in [1.165, 1.54) is 5.56 Å². The van der Waals surface area contributed by atoms with E-state index in [2.05, 4.69) is 20.8 Å². The molecule has 0 heterocycles. The standard InChI is InChI=1S/C14H20O/c1-11-5-7-12(8-6-11)13(15)9-10-14(2,3)4/h5-8H,9-10H2,1-4H3. The van der Waals surface area contributed by atoms with Crippen molar-refractivity contribution in [1.82, 2.24) is 0 Å². The highest BCUT2D eigenvalue weighted by molar-refractivity contribution is 5.96.